The molecular weight excluding hydrogens is 182 g/mol. The molecule has 0 bridgehead atoms. The maximum atomic E-state index is 8.74. The average molecular weight is 201 g/mol. The van der Waals surface area contributed by atoms with E-state index < -0.39 is 0 Å². The number of nitrogens with one attached hydrogen (secondary N) is 1. The molecule has 0 amide bonds. The summed E-state index contributed by atoms with van der Waals surface area (Å²) in [6.07, 6.45) is 3.08. The first kappa shape index (κ1) is 10.4. The van der Waals surface area contributed by atoms with Crippen LogP contribution in [0.3, 0.4) is 0 Å². The lowest BCUT2D eigenvalue weighted by atomic mass is 9.90. The van der Waals surface area contributed by atoms with Crippen LogP contribution in [-0.4, -0.2) is 49.7 Å². The van der Waals surface area contributed by atoms with E-state index in [1.165, 1.54) is 0 Å². The Bertz CT molecular complexity index is 180. The molecule has 2 rings (SSSR count). The van der Waals surface area contributed by atoms with Crippen LogP contribution in [0.5, 0.6) is 0 Å². The van der Waals surface area contributed by atoms with E-state index in [4.69, 9.17) is 14.6 Å². The van der Waals surface area contributed by atoms with Crippen molar-refractivity contribution in [3.05, 3.63) is 0 Å². The largest absolute Gasteiger partial charge is 0.395 e. The van der Waals surface area contributed by atoms with Gasteiger partial charge < -0.3 is 19.9 Å². The topological polar surface area (TPSA) is 50.7 Å². The van der Waals surface area contributed by atoms with Crippen molar-refractivity contribution >= 4 is 0 Å². The van der Waals surface area contributed by atoms with Crippen LogP contribution in [-0.2, 0) is 9.47 Å². The average Bonchev–Trinajstić information content (AvgIpc) is 2.63. The van der Waals surface area contributed by atoms with E-state index in [2.05, 4.69) is 5.32 Å². The molecule has 0 aliphatic carbocycles. The zero-order valence-corrected chi connectivity index (χ0v) is 8.50. The summed E-state index contributed by atoms with van der Waals surface area (Å²) in [5.74, 6) is 0. The maximum absolute atomic E-state index is 8.74. The van der Waals surface area contributed by atoms with E-state index in [1.54, 1.807) is 0 Å². The summed E-state index contributed by atoms with van der Waals surface area (Å²) in [4.78, 5) is 0. The Labute approximate surface area is 84.6 Å². The molecule has 2 N–H and O–H groups in total. The Hall–Kier alpha value is -0.160. The van der Waals surface area contributed by atoms with E-state index in [-0.39, 0.29) is 12.2 Å². The van der Waals surface area contributed by atoms with Crippen LogP contribution >= 0.6 is 0 Å². The molecule has 4 nitrogen and oxygen atoms in total. The molecule has 2 aliphatic rings. The molecule has 1 spiro atoms. The maximum Gasteiger partial charge on any atom is 0.0951 e. The minimum absolute atomic E-state index is 0.0224. The smallest absolute Gasteiger partial charge is 0.0951 e. The predicted molar refractivity (Wildman–Crippen MR) is 52.2 cm³/mol. The first-order chi connectivity index (χ1) is 6.85. The van der Waals surface area contributed by atoms with Gasteiger partial charge in [0, 0.05) is 32.2 Å². The number of aliphatic hydroxyl groups is 1. The molecule has 0 saturated carbocycles. The van der Waals surface area contributed by atoms with Gasteiger partial charge in [-0.1, -0.05) is 0 Å². The highest BCUT2D eigenvalue weighted by atomic mass is 16.6. The van der Waals surface area contributed by atoms with Crippen molar-refractivity contribution < 1.29 is 14.6 Å². The van der Waals surface area contributed by atoms with Crippen molar-refractivity contribution in [2.75, 3.05) is 33.0 Å². The molecule has 14 heavy (non-hydrogen) atoms. The molecule has 0 aromatic rings. The number of rotatable bonds is 3. The highest BCUT2D eigenvalue weighted by Gasteiger charge is 2.40. The molecule has 0 aromatic carbocycles. The van der Waals surface area contributed by atoms with Crippen LogP contribution in [0.15, 0.2) is 0 Å². The highest BCUT2D eigenvalue weighted by Crippen LogP contribution is 2.32. The summed E-state index contributed by atoms with van der Waals surface area (Å²) in [6, 6.07) is 0.484. The van der Waals surface area contributed by atoms with Crippen LogP contribution in [0.2, 0.25) is 0 Å². The van der Waals surface area contributed by atoms with Gasteiger partial charge in [-0.3, -0.25) is 0 Å². The van der Waals surface area contributed by atoms with Crippen LogP contribution in [0.4, 0.5) is 0 Å². The third kappa shape index (κ3) is 2.25. The Morgan fingerprint density at radius 1 is 1.43 bits per heavy atom. The van der Waals surface area contributed by atoms with Crippen molar-refractivity contribution in [2.24, 2.45) is 0 Å². The predicted octanol–water partition coefficient (Wildman–Crippen LogP) is -0.0936. The zero-order chi connectivity index (χ0) is 9.86. The van der Waals surface area contributed by atoms with Gasteiger partial charge in [0.25, 0.3) is 0 Å². The molecule has 0 radical (unpaired) electrons. The normalized spacial score (nSPS) is 37.9. The van der Waals surface area contributed by atoms with E-state index in [1.807, 2.05) is 0 Å². The third-order valence-electron chi connectivity index (χ3n) is 3.10. The van der Waals surface area contributed by atoms with Crippen molar-refractivity contribution in [3.8, 4) is 0 Å². The molecule has 2 fully saturated rings. The van der Waals surface area contributed by atoms with Gasteiger partial charge in [0.2, 0.25) is 0 Å². The Morgan fingerprint density at radius 3 is 3.07 bits per heavy atom. The van der Waals surface area contributed by atoms with E-state index in [0.29, 0.717) is 12.6 Å². The minimum Gasteiger partial charge on any atom is -0.395 e. The second-order valence-corrected chi connectivity index (χ2v) is 4.20. The number of hydrogen-bond donors (Lipinski definition) is 2. The molecule has 2 saturated heterocycles. The van der Waals surface area contributed by atoms with Crippen LogP contribution in [0.25, 0.3) is 0 Å². The van der Waals surface area contributed by atoms with Crippen molar-refractivity contribution in [3.63, 3.8) is 0 Å². The van der Waals surface area contributed by atoms with Gasteiger partial charge in [-0.05, 0) is 12.8 Å². The van der Waals surface area contributed by atoms with Crippen LogP contribution in [0, 0.1) is 0 Å². The zero-order valence-electron chi connectivity index (χ0n) is 8.50. The Balaban J connectivity index is 1.83. The van der Waals surface area contributed by atoms with E-state index in [0.717, 1.165) is 39.1 Å². The molecular formula is C10H19NO3. The van der Waals surface area contributed by atoms with Gasteiger partial charge in [0.1, 0.15) is 0 Å². The van der Waals surface area contributed by atoms with Gasteiger partial charge in [-0.25, -0.2) is 0 Å². The molecule has 2 aliphatic heterocycles. The fourth-order valence-corrected chi connectivity index (χ4v) is 2.33. The summed E-state index contributed by atoms with van der Waals surface area (Å²) in [5.41, 5.74) is -0.0224. The van der Waals surface area contributed by atoms with Crippen LogP contribution < -0.4 is 5.32 Å². The molecule has 2 heterocycles. The third-order valence-corrected chi connectivity index (χ3v) is 3.10. The minimum atomic E-state index is -0.0224. The summed E-state index contributed by atoms with van der Waals surface area (Å²) >= 11 is 0. The van der Waals surface area contributed by atoms with Crippen molar-refractivity contribution in [2.45, 2.75) is 30.9 Å². The summed E-state index contributed by atoms with van der Waals surface area (Å²) in [5, 5.41) is 12.1. The van der Waals surface area contributed by atoms with Gasteiger partial charge in [-0.15, -0.1) is 0 Å². The number of hydrogen-bond acceptors (Lipinski definition) is 4. The lowest BCUT2D eigenvalue weighted by Crippen LogP contribution is -2.48. The fourth-order valence-electron chi connectivity index (χ4n) is 2.33. The molecule has 2 atom stereocenters. The van der Waals surface area contributed by atoms with E-state index >= 15 is 0 Å². The Morgan fingerprint density at radius 2 is 2.36 bits per heavy atom. The second kappa shape index (κ2) is 4.57. The first-order valence-corrected chi connectivity index (χ1v) is 5.41. The fraction of sp³-hybridized carbons (Fsp3) is 1.00. The van der Waals surface area contributed by atoms with Crippen molar-refractivity contribution in [1.29, 1.82) is 0 Å². The van der Waals surface area contributed by atoms with Gasteiger partial charge in [-0.2, -0.15) is 0 Å². The van der Waals surface area contributed by atoms with Crippen LogP contribution in [0.1, 0.15) is 19.3 Å². The SMILES string of the molecule is OCCNC1CCOC2(CCOC2)C1. The molecule has 4 heteroatoms. The van der Waals surface area contributed by atoms with Gasteiger partial charge in [0.15, 0.2) is 0 Å². The van der Waals surface area contributed by atoms with Gasteiger partial charge >= 0.3 is 0 Å². The molecule has 0 aromatic heterocycles. The van der Waals surface area contributed by atoms with E-state index in [9.17, 15) is 0 Å². The lowest BCUT2D eigenvalue weighted by Gasteiger charge is -2.37. The second-order valence-electron chi connectivity index (χ2n) is 4.20. The summed E-state index contributed by atoms with van der Waals surface area (Å²) < 4.78 is 11.2. The standard InChI is InChI=1S/C10H19NO3/c12-4-3-11-9-1-5-14-10(7-9)2-6-13-8-10/h9,11-12H,1-8H2. The van der Waals surface area contributed by atoms with Gasteiger partial charge in [0.05, 0.1) is 18.8 Å². The quantitative estimate of drug-likeness (QED) is 0.670. The number of ether oxygens (including phenoxy) is 2. The highest BCUT2D eigenvalue weighted by molar-refractivity contribution is 4.92. The summed E-state index contributed by atoms with van der Waals surface area (Å²) in [7, 11) is 0. The number of aliphatic hydroxyl groups excluding tert-OH is 1. The first-order valence-electron chi connectivity index (χ1n) is 5.41. The summed E-state index contributed by atoms with van der Waals surface area (Å²) in [6.45, 7) is 3.27. The molecule has 2 unspecified atom stereocenters. The lowest BCUT2D eigenvalue weighted by molar-refractivity contribution is -0.0894. The molecule has 82 valence electrons. The van der Waals surface area contributed by atoms with Crippen molar-refractivity contribution in [1.82, 2.24) is 5.32 Å². The monoisotopic (exact) mass is 201 g/mol. The Kier molecular flexibility index (Phi) is 3.38.